The first-order valence-electron chi connectivity index (χ1n) is 8.70. The SMILES string of the molecule is Nc1nc2ccc(C(=O)C3=CC=CCC3)cn2c1-c1ccc(C(F)(F)F)cc1. The zero-order chi connectivity index (χ0) is 19.9. The lowest BCUT2D eigenvalue weighted by atomic mass is 9.97. The van der Waals surface area contributed by atoms with Crippen LogP contribution in [0.1, 0.15) is 28.8 Å². The van der Waals surface area contributed by atoms with Crippen molar-refractivity contribution in [2.45, 2.75) is 19.0 Å². The molecule has 1 aliphatic carbocycles. The van der Waals surface area contributed by atoms with Crippen LogP contribution in [0.15, 0.2) is 66.4 Å². The molecule has 0 saturated carbocycles. The normalized spacial score (nSPS) is 14.3. The number of Topliss-reactive ketones (excluding diaryl/α,β-unsaturated/α-hetero) is 1. The monoisotopic (exact) mass is 383 g/mol. The van der Waals surface area contributed by atoms with Gasteiger partial charge in [0.25, 0.3) is 0 Å². The van der Waals surface area contributed by atoms with Crippen molar-refractivity contribution in [1.82, 2.24) is 9.38 Å². The number of nitrogens with zero attached hydrogens (tertiary/aromatic N) is 2. The highest BCUT2D eigenvalue weighted by atomic mass is 19.4. The van der Waals surface area contributed by atoms with Crippen molar-refractivity contribution in [3.63, 3.8) is 0 Å². The Morgan fingerprint density at radius 2 is 1.86 bits per heavy atom. The number of carbonyl (C=O) groups excluding carboxylic acids is 1. The van der Waals surface area contributed by atoms with Crippen molar-refractivity contribution in [1.29, 1.82) is 0 Å². The number of carbonyl (C=O) groups is 1. The van der Waals surface area contributed by atoms with Crippen molar-refractivity contribution < 1.29 is 18.0 Å². The number of allylic oxidation sites excluding steroid dienone is 4. The number of ketones is 1. The molecule has 1 aromatic carbocycles. The van der Waals surface area contributed by atoms with E-state index in [1.807, 2.05) is 12.2 Å². The van der Waals surface area contributed by atoms with Gasteiger partial charge >= 0.3 is 6.18 Å². The maximum absolute atomic E-state index is 12.8. The first-order valence-corrected chi connectivity index (χ1v) is 8.70. The van der Waals surface area contributed by atoms with Crippen LogP contribution in [0.4, 0.5) is 19.0 Å². The first-order chi connectivity index (χ1) is 13.3. The van der Waals surface area contributed by atoms with Crippen molar-refractivity contribution in [2.75, 3.05) is 5.73 Å². The van der Waals surface area contributed by atoms with Gasteiger partial charge in [0.15, 0.2) is 11.6 Å². The molecule has 1 aliphatic rings. The van der Waals surface area contributed by atoms with E-state index in [-0.39, 0.29) is 11.6 Å². The van der Waals surface area contributed by atoms with Crippen LogP contribution >= 0.6 is 0 Å². The fourth-order valence-corrected chi connectivity index (χ4v) is 3.28. The molecule has 0 saturated heterocycles. The highest BCUT2D eigenvalue weighted by molar-refractivity contribution is 6.09. The van der Waals surface area contributed by atoms with Crippen LogP contribution < -0.4 is 5.73 Å². The molecule has 0 aliphatic heterocycles. The number of fused-ring (bicyclic) bond motifs is 1. The summed E-state index contributed by atoms with van der Waals surface area (Å²) in [5, 5.41) is 0. The van der Waals surface area contributed by atoms with Gasteiger partial charge in [-0.1, -0.05) is 30.4 Å². The molecule has 28 heavy (non-hydrogen) atoms. The summed E-state index contributed by atoms with van der Waals surface area (Å²) >= 11 is 0. The molecule has 0 fully saturated rings. The summed E-state index contributed by atoms with van der Waals surface area (Å²) in [6.07, 6.45) is 4.37. The van der Waals surface area contributed by atoms with E-state index in [4.69, 9.17) is 5.73 Å². The van der Waals surface area contributed by atoms with E-state index < -0.39 is 11.7 Å². The second-order valence-corrected chi connectivity index (χ2v) is 6.55. The van der Waals surface area contributed by atoms with E-state index >= 15 is 0 Å². The average molecular weight is 383 g/mol. The molecule has 2 N–H and O–H groups in total. The van der Waals surface area contributed by atoms with Crippen molar-refractivity contribution >= 4 is 17.2 Å². The number of imidazole rings is 1. The Balaban J connectivity index is 1.78. The van der Waals surface area contributed by atoms with E-state index in [0.717, 1.165) is 18.6 Å². The molecule has 2 aromatic heterocycles. The van der Waals surface area contributed by atoms with E-state index in [2.05, 4.69) is 4.98 Å². The Morgan fingerprint density at radius 1 is 1.11 bits per heavy atom. The summed E-state index contributed by atoms with van der Waals surface area (Å²) in [5.41, 5.74) is 7.92. The third-order valence-corrected chi connectivity index (χ3v) is 4.70. The average Bonchev–Trinajstić information content (AvgIpc) is 3.02. The molecule has 0 spiro atoms. The van der Waals surface area contributed by atoms with E-state index in [1.165, 1.54) is 12.1 Å². The van der Waals surface area contributed by atoms with Crippen LogP contribution in [0, 0.1) is 0 Å². The summed E-state index contributed by atoms with van der Waals surface area (Å²) in [6, 6.07) is 8.07. The van der Waals surface area contributed by atoms with Gasteiger partial charge in [-0.2, -0.15) is 13.2 Å². The van der Waals surface area contributed by atoms with Crippen molar-refractivity contribution in [3.8, 4) is 11.3 Å². The Kier molecular flexibility index (Phi) is 4.30. The summed E-state index contributed by atoms with van der Waals surface area (Å²) in [4.78, 5) is 17.0. The summed E-state index contributed by atoms with van der Waals surface area (Å²) in [5.74, 6) is 0.0982. The predicted octanol–water partition coefficient (Wildman–Crippen LogP) is 5.06. The van der Waals surface area contributed by atoms with Crippen LogP contribution in [0.2, 0.25) is 0 Å². The molecular weight excluding hydrogens is 367 g/mol. The topological polar surface area (TPSA) is 60.4 Å². The summed E-state index contributed by atoms with van der Waals surface area (Å²) < 4.78 is 40.1. The first kappa shape index (κ1) is 18.0. The van der Waals surface area contributed by atoms with Gasteiger partial charge in [-0.15, -0.1) is 0 Å². The maximum atomic E-state index is 12.8. The lowest BCUT2D eigenvalue weighted by Crippen LogP contribution is -2.06. The Labute approximate surface area is 158 Å². The van der Waals surface area contributed by atoms with Gasteiger partial charge < -0.3 is 5.73 Å². The minimum atomic E-state index is -4.41. The van der Waals surface area contributed by atoms with Crippen LogP contribution in [-0.4, -0.2) is 15.2 Å². The zero-order valence-electron chi connectivity index (χ0n) is 14.7. The number of halogens is 3. The van der Waals surface area contributed by atoms with Gasteiger partial charge in [0.05, 0.1) is 11.3 Å². The molecular formula is C21H16F3N3O. The van der Waals surface area contributed by atoms with Gasteiger partial charge in [-0.05, 0) is 37.1 Å². The molecule has 0 atom stereocenters. The lowest BCUT2D eigenvalue weighted by molar-refractivity contribution is -0.137. The molecule has 7 heteroatoms. The summed E-state index contributed by atoms with van der Waals surface area (Å²) in [6.45, 7) is 0. The second-order valence-electron chi connectivity index (χ2n) is 6.55. The van der Waals surface area contributed by atoms with E-state index in [0.29, 0.717) is 34.5 Å². The van der Waals surface area contributed by atoms with Gasteiger partial charge in [0.1, 0.15) is 5.65 Å². The van der Waals surface area contributed by atoms with E-state index in [9.17, 15) is 18.0 Å². The Bertz CT molecular complexity index is 1120. The van der Waals surface area contributed by atoms with Crippen molar-refractivity contribution in [3.05, 3.63) is 77.5 Å². The zero-order valence-corrected chi connectivity index (χ0v) is 14.7. The largest absolute Gasteiger partial charge is 0.416 e. The fraction of sp³-hybridized carbons (Fsp3) is 0.143. The molecule has 3 aromatic rings. The number of nitrogens with two attached hydrogens (primary N) is 1. The highest BCUT2D eigenvalue weighted by Gasteiger charge is 2.30. The van der Waals surface area contributed by atoms with Crippen LogP contribution in [0.3, 0.4) is 0 Å². The highest BCUT2D eigenvalue weighted by Crippen LogP contribution is 2.33. The third kappa shape index (κ3) is 3.19. The van der Waals surface area contributed by atoms with Crippen LogP contribution in [0.25, 0.3) is 16.9 Å². The molecule has 0 unspecified atom stereocenters. The maximum Gasteiger partial charge on any atom is 0.416 e. The number of pyridine rings is 1. The summed E-state index contributed by atoms with van der Waals surface area (Å²) in [7, 11) is 0. The minimum Gasteiger partial charge on any atom is -0.382 e. The molecule has 2 heterocycles. The number of alkyl halides is 3. The number of rotatable bonds is 3. The van der Waals surface area contributed by atoms with Crippen molar-refractivity contribution in [2.24, 2.45) is 0 Å². The van der Waals surface area contributed by atoms with Gasteiger partial charge in [-0.25, -0.2) is 4.98 Å². The standard InChI is InChI=1S/C21H16F3N3O/c22-21(23,24)16-9-6-13(7-10-16)18-20(25)26-17-11-8-15(12-27(17)18)19(28)14-4-2-1-3-5-14/h1-2,4,6-12H,3,5,25H2. The number of anilines is 1. The molecule has 4 rings (SSSR count). The van der Waals surface area contributed by atoms with E-state index in [1.54, 1.807) is 28.8 Å². The quantitative estimate of drug-likeness (QED) is 0.643. The molecule has 0 amide bonds. The number of benzene rings is 1. The van der Waals surface area contributed by atoms with Crippen LogP contribution in [0.5, 0.6) is 0 Å². The van der Waals surface area contributed by atoms with Crippen LogP contribution in [-0.2, 0) is 6.18 Å². The predicted molar refractivity (Wildman–Crippen MR) is 101 cm³/mol. The number of nitrogen functional groups attached to an aromatic ring is 1. The third-order valence-electron chi connectivity index (χ3n) is 4.70. The molecule has 142 valence electrons. The minimum absolute atomic E-state index is 0.0862. The van der Waals surface area contributed by atoms with Gasteiger partial charge in [0, 0.05) is 22.9 Å². The number of hydrogen-bond acceptors (Lipinski definition) is 3. The lowest BCUT2D eigenvalue weighted by Gasteiger charge is -2.10. The van der Waals surface area contributed by atoms with Gasteiger partial charge in [-0.3, -0.25) is 9.20 Å². The number of hydrogen-bond donors (Lipinski definition) is 1. The smallest absolute Gasteiger partial charge is 0.382 e. The van der Waals surface area contributed by atoms with Gasteiger partial charge in [0.2, 0.25) is 0 Å². The molecule has 0 radical (unpaired) electrons. The Morgan fingerprint density at radius 3 is 2.50 bits per heavy atom. The molecule has 4 nitrogen and oxygen atoms in total. The Hall–Kier alpha value is -3.35. The second kappa shape index (κ2) is 6.67. The molecule has 0 bridgehead atoms. The number of aromatic nitrogens is 2. The fourth-order valence-electron chi connectivity index (χ4n) is 3.28.